The summed E-state index contributed by atoms with van der Waals surface area (Å²) in [6.45, 7) is 0. The van der Waals surface area contributed by atoms with Crippen molar-refractivity contribution in [1.29, 1.82) is 5.39 Å². The van der Waals surface area contributed by atoms with Gasteiger partial charge in [0.05, 0.1) is 0 Å². The summed E-state index contributed by atoms with van der Waals surface area (Å²) >= 11 is 12.4. The van der Waals surface area contributed by atoms with Crippen molar-refractivity contribution in [2.24, 2.45) is 0 Å². The van der Waals surface area contributed by atoms with Crippen molar-refractivity contribution in [1.82, 2.24) is 0 Å². The van der Waals surface area contributed by atoms with Crippen LogP contribution in [0.15, 0.2) is 17.9 Å². The molecule has 0 saturated heterocycles. The first-order chi connectivity index (χ1) is 6.00. The van der Waals surface area contributed by atoms with Crippen LogP contribution < -0.4 is 5.11 Å². The maximum atomic E-state index is 11.4. The molecule has 7 heteroatoms. The molecule has 1 aromatic rings. The molecule has 0 unspecified atom stereocenters. The van der Waals surface area contributed by atoms with Gasteiger partial charge in [0, 0.05) is 8.95 Å². The lowest BCUT2D eigenvalue weighted by Gasteiger charge is -2.12. The average molecular weight is 436 g/mol. The average Bonchev–Trinajstić information content (AvgIpc) is 2.13. The Morgan fingerprint density at radius 1 is 0.923 bits per heavy atom. The molecule has 0 aromatic heterocycles. The molecule has 1 rings (SSSR count). The maximum absolute atomic E-state index is 11.4. The van der Waals surface area contributed by atoms with Crippen LogP contribution in [0.1, 0.15) is 0 Å². The molecular formula is C6Br4N2O. The monoisotopic (exact) mass is 432 g/mol. The molecular weight excluding hydrogens is 436 g/mol. The van der Waals surface area contributed by atoms with E-state index in [1.807, 2.05) is 0 Å². The molecule has 1 aromatic carbocycles. The van der Waals surface area contributed by atoms with Gasteiger partial charge >= 0.3 is 5.69 Å². The Morgan fingerprint density at radius 3 is 1.62 bits per heavy atom. The van der Waals surface area contributed by atoms with Gasteiger partial charge in [-0.05, 0) is 63.7 Å². The molecule has 0 saturated carbocycles. The van der Waals surface area contributed by atoms with Crippen LogP contribution in [-0.4, -0.2) is 0 Å². The maximum Gasteiger partial charge on any atom is 0.415 e. The highest BCUT2D eigenvalue weighted by Crippen LogP contribution is 2.48. The van der Waals surface area contributed by atoms with Crippen molar-refractivity contribution in [2.45, 2.75) is 0 Å². The third-order valence-corrected chi connectivity index (χ3v) is 5.42. The molecule has 68 valence electrons. The zero-order chi connectivity index (χ0) is 10.2. The van der Waals surface area contributed by atoms with Gasteiger partial charge in [-0.25, -0.2) is 0 Å². The van der Waals surface area contributed by atoms with Gasteiger partial charge < -0.3 is 5.11 Å². The number of benzene rings is 1. The van der Waals surface area contributed by atoms with E-state index in [1.54, 1.807) is 0 Å². The Hall–Kier alpha value is 0.360. The fourth-order valence-corrected chi connectivity index (χ4v) is 2.91. The van der Waals surface area contributed by atoms with Crippen LogP contribution in [0.3, 0.4) is 0 Å². The van der Waals surface area contributed by atoms with Gasteiger partial charge in [0.15, 0.2) is 4.98 Å². The SMILES string of the molecule is N#[N+]c1c(Br)c(Br)c([O-])c(Br)c1Br. The Morgan fingerprint density at radius 2 is 1.31 bits per heavy atom. The smallest absolute Gasteiger partial charge is 0.415 e. The highest BCUT2D eigenvalue weighted by Gasteiger charge is 2.23. The van der Waals surface area contributed by atoms with E-state index in [0.717, 1.165) is 0 Å². The second kappa shape index (κ2) is 4.26. The molecule has 0 amide bonds. The summed E-state index contributed by atoms with van der Waals surface area (Å²) < 4.78 is 1.45. The van der Waals surface area contributed by atoms with Crippen LogP contribution in [0.25, 0.3) is 4.98 Å². The van der Waals surface area contributed by atoms with Crippen molar-refractivity contribution >= 4 is 69.4 Å². The van der Waals surface area contributed by atoms with Crippen LogP contribution in [0.5, 0.6) is 5.75 Å². The topological polar surface area (TPSA) is 51.2 Å². The number of hydrogen-bond donors (Lipinski definition) is 0. The van der Waals surface area contributed by atoms with Gasteiger partial charge in [-0.2, -0.15) is 0 Å². The van der Waals surface area contributed by atoms with E-state index in [9.17, 15) is 5.11 Å². The third-order valence-electron chi connectivity index (χ3n) is 1.30. The molecule has 0 bridgehead atoms. The number of nitrogens with zero attached hydrogens (tertiary/aromatic N) is 2. The molecule has 0 fully saturated rings. The third kappa shape index (κ3) is 1.91. The van der Waals surface area contributed by atoms with Crippen LogP contribution in [-0.2, 0) is 0 Å². The van der Waals surface area contributed by atoms with E-state index in [4.69, 9.17) is 5.39 Å². The largest absolute Gasteiger partial charge is 0.871 e. The van der Waals surface area contributed by atoms with Crippen molar-refractivity contribution in [3.05, 3.63) is 22.9 Å². The number of rotatable bonds is 0. The van der Waals surface area contributed by atoms with Gasteiger partial charge in [0.2, 0.25) is 5.39 Å². The first-order valence-corrected chi connectivity index (χ1v) is 6.06. The lowest BCUT2D eigenvalue weighted by Crippen LogP contribution is -1.94. The van der Waals surface area contributed by atoms with E-state index in [1.165, 1.54) is 0 Å². The first kappa shape index (κ1) is 11.4. The van der Waals surface area contributed by atoms with Gasteiger partial charge in [0.1, 0.15) is 8.95 Å². The van der Waals surface area contributed by atoms with E-state index in [-0.39, 0.29) is 11.4 Å². The fourth-order valence-electron chi connectivity index (χ4n) is 0.688. The summed E-state index contributed by atoms with van der Waals surface area (Å²) in [5.74, 6) is -0.217. The van der Waals surface area contributed by atoms with Crippen molar-refractivity contribution in [2.75, 3.05) is 0 Å². The standard InChI is InChI=1S/C6Br4N2O/c7-1-3(9)6(13)4(10)2(8)5(1)12-11. The van der Waals surface area contributed by atoms with Crippen LogP contribution in [0.4, 0.5) is 5.69 Å². The summed E-state index contributed by atoms with van der Waals surface area (Å²) in [6.07, 6.45) is 0. The number of halogens is 4. The van der Waals surface area contributed by atoms with Crippen molar-refractivity contribution < 1.29 is 5.11 Å². The molecule has 0 aliphatic rings. The minimum absolute atomic E-state index is 0.217. The zero-order valence-electron chi connectivity index (χ0n) is 5.81. The van der Waals surface area contributed by atoms with E-state index < -0.39 is 0 Å². The Balaban J connectivity index is 3.69. The summed E-state index contributed by atoms with van der Waals surface area (Å²) in [6, 6.07) is 0. The zero-order valence-corrected chi connectivity index (χ0v) is 12.2. The molecule has 0 aliphatic carbocycles. The lowest BCUT2D eigenvalue weighted by molar-refractivity contribution is -0.270. The van der Waals surface area contributed by atoms with E-state index in [0.29, 0.717) is 17.9 Å². The van der Waals surface area contributed by atoms with Gasteiger partial charge in [-0.3, -0.25) is 0 Å². The Labute approximate surface area is 108 Å². The van der Waals surface area contributed by atoms with Crippen LogP contribution >= 0.6 is 63.7 Å². The quantitative estimate of drug-likeness (QED) is 0.451. The molecule has 0 N–H and O–H groups in total. The number of diazo groups is 1. The normalized spacial score (nSPS) is 9.77. The molecule has 0 heterocycles. The van der Waals surface area contributed by atoms with Gasteiger partial charge in [0.25, 0.3) is 0 Å². The molecule has 0 atom stereocenters. The van der Waals surface area contributed by atoms with Gasteiger partial charge in [-0.1, -0.05) is 5.75 Å². The second-order valence-electron chi connectivity index (χ2n) is 2.03. The minimum atomic E-state index is -0.217. The fraction of sp³-hybridized carbons (Fsp3) is 0. The lowest BCUT2D eigenvalue weighted by atomic mass is 10.3. The summed E-state index contributed by atoms with van der Waals surface area (Å²) in [7, 11) is 0. The molecule has 3 nitrogen and oxygen atoms in total. The van der Waals surface area contributed by atoms with Crippen molar-refractivity contribution in [3.63, 3.8) is 0 Å². The second-order valence-corrected chi connectivity index (χ2v) is 5.21. The van der Waals surface area contributed by atoms with E-state index in [2.05, 4.69) is 68.7 Å². The summed E-state index contributed by atoms with van der Waals surface area (Å²) in [5, 5.41) is 20.1. The highest BCUT2D eigenvalue weighted by atomic mass is 79.9. The predicted octanol–water partition coefficient (Wildman–Crippen LogP) is 4.29. The van der Waals surface area contributed by atoms with Crippen molar-refractivity contribution in [3.8, 4) is 5.75 Å². The molecule has 0 spiro atoms. The molecule has 0 aliphatic heterocycles. The van der Waals surface area contributed by atoms with Crippen LogP contribution in [0.2, 0.25) is 0 Å². The first-order valence-electron chi connectivity index (χ1n) is 2.88. The summed E-state index contributed by atoms with van der Waals surface area (Å²) in [5.41, 5.74) is 0.262. The highest BCUT2D eigenvalue weighted by molar-refractivity contribution is 9.14. The molecule has 0 radical (unpaired) electrons. The predicted molar refractivity (Wildman–Crippen MR) is 61.4 cm³/mol. The van der Waals surface area contributed by atoms with E-state index >= 15 is 0 Å². The van der Waals surface area contributed by atoms with Gasteiger partial charge in [-0.15, -0.1) is 0 Å². The summed E-state index contributed by atoms with van der Waals surface area (Å²) in [4.78, 5) is 3.04. The minimum Gasteiger partial charge on any atom is -0.871 e. The molecule has 13 heavy (non-hydrogen) atoms. The number of hydrogen-bond acceptors (Lipinski definition) is 2. The Kier molecular flexibility index (Phi) is 3.74. The Bertz CT molecular complexity index is 383. The van der Waals surface area contributed by atoms with Crippen LogP contribution in [0, 0.1) is 5.39 Å².